The van der Waals surface area contributed by atoms with Crippen molar-refractivity contribution in [3.05, 3.63) is 0 Å². The van der Waals surface area contributed by atoms with Crippen molar-refractivity contribution in [2.75, 3.05) is 0 Å². The Kier molecular flexibility index (Phi) is 51.3. The quantitative estimate of drug-likeness (QED) is 0.351. The van der Waals surface area contributed by atoms with Crippen LogP contribution < -0.4 is 0 Å². The third-order valence-corrected chi connectivity index (χ3v) is 0. The molecule has 0 saturated carbocycles. The van der Waals surface area contributed by atoms with Crippen LogP contribution >= 0.6 is 0 Å². The second-order valence-corrected chi connectivity index (χ2v) is 0.848. The van der Waals surface area contributed by atoms with Gasteiger partial charge in [-0.25, -0.2) is 0 Å². The molecule has 0 radical (unpaired) electrons. The Labute approximate surface area is 120 Å². The monoisotopic (exact) mass is 150 g/mol. The molecule has 7 heteroatoms. The van der Waals surface area contributed by atoms with E-state index in [4.69, 9.17) is 14.1 Å². The minimum atomic E-state index is -3.13. The summed E-state index contributed by atoms with van der Waals surface area (Å²) in [5.74, 6) is 0. The number of rotatable bonds is 0. The summed E-state index contributed by atoms with van der Waals surface area (Å²) in [5, 5.41) is 0. The standard InChI is InChI=1S/K.Li.Na.H2O3Si.3H/c;;;1-4(2)3;;;/h;;;1-2H;;;. The first-order valence-electron chi connectivity index (χ1n) is 0.651. The number of hydrogen-bond acceptors (Lipinski definition) is 1. The van der Waals surface area contributed by atoms with E-state index in [0.29, 0.717) is 0 Å². The molecule has 0 saturated heterocycles. The Balaban J connectivity index is -0.0000000150. The molecule has 0 heterocycles. The fraction of sp³-hybridized carbons (Fsp3) is 0. The molecule has 3 nitrogen and oxygen atoms in total. The van der Waals surface area contributed by atoms with Crippen LogP contribution in [0.4, 0.5) is 0 Å². The topological polar surface area (TPSA) is 57.5 Å². The molecule has 0 atom stereocenters. The molecule has 0 amide bonds. The van der Waals surface area contributed by atoms with Gasteiger partial charge in [0.2, 0.25) is 0 Å². The third kappa shape index (κ3) is 51.1. The molecule has 0 aromatic rings. The van der Waals surface area contributed by atoms with Gasteiger partial charge in [0.25, 0.3) is 0 Å². The van der Waals surface area contributed by atoms with Crippen molar-refractivity contribution in [1.82, 2.24) is 0 Å². The van der Waals surface area contributed by atoms with Gasteiger partial charge in [-0.15, -0.1) is 0 Å². The summed E-state index contributed by atoms with van der Waals surface area (Å²) in [5.41, 5.74) is 0. The molecule has 30 valence electrons. The Morgan fingerprint density at radius 3 is 1.29 bits per heavy atom. The van der Waals surface area contributed by atoms with Crippen LogP contribution in [0.1, 0.15) is 0 Å². The van der Waals surface area contributed by atoms with E-state index in [9.17, 15) is 0 Å². The van der Waals surface area contributed by atoms with Gasteiger partial charge >= 0.3 is 109 Å². The average molecular weight is 150 g/mol. The van der Waals surface area contributed by atoms with Crippen molar-refractivity contribution in [1.29, 1.82) is 0 Å². The Morgan fingerprint density at radius 2 is 1.29 bits per heavy atom. The van der Waals surface area contributed by atoms with E-state index < -0.39 is 9.17 Å². The van der Waals surface area contributed by atoms with Gasteiger partial charge in [-0.3, -0.25) is 4.46 Å². The maximum absolute atomic E-state index is 8.74. The molecule has 0 bridgehead atoms. The van der Waals surface area contributed by atoms with Gasteiger partial charge in [0, 0.05) is 0 Å². The first-order valence-corrected chi connectivity index (χ1v) is 1.95. The summed E-state index contributed by atoms with van der Waals surface area (Å²) in [6.45, 7) is 0. The van der Waals surface area contributed by atoms with Crippen LogP contribution in [-0.4, -0.2) is 119 Å². The van der Waals surface area contributed by atoms with Gasteiger partial charge < -0.3 is 9.59 Å². The van der Waals surface area contributed by atoms with E-state index in [0.717, 1.165) is 0 Å². The Bertz CT molecular complexity index is 37.9. The zero-order valence-electron chi connectivity index (χ0n) is 1.80. The van der Waals surface area contributed by atoms with Crippen molar-refractivity contribution in [2.45, 2.75) is 0 Å². The van der Waals surface area contributed by atoms with Crippen LogP contribution in [0.5, 0.6) is 0 Å². The van der Waals surface area contributed by atoms with E-state index >= 15 is 0 Å². The molecule has 2 N–H and O–H groups in total. The molecule has 7 heavy (non-hydrogen) atoms. The Hall–Kier alpha value is 2.85. The predicted molar refractivity (Wildman–Crippen MR) is 32.3 cm³/mol. The van der Waals surface area contributed by atoms with Crippen LogP contribution in [0.25, 0.3) is 0 Å². The van der Waals surface area contributed by atoms with Crippen molar-refractivity contribution >= 4 is 109 Å². The second-order valence-electron chi connectivity index (χ2n) is 0.283. The van der Waals surface area contributed by atoms with Crippen LogP contribution in [0.2, 0.25) is 0 Å². The molecular weight excluding hydrogens is 145 g/mol. The van der Waals surface area contributed by atoms with Gasteiger partial charge in [0.05, 0.1) is 0 Å². The fourth-order valence-electron chi connectivity index (χ4n) is 0. The van der Waals surface area contributed by atoms with Gasteiger partial charge in [-0.05, 0) is 0 Å². The summed E-state index contributed by atoms with van der Waals surface area (Å²) in [4.78, 5) is 14.3. The van der Waals surface area contributed by atoms with Gasteiger partial charge in [0.1, 0.15) is 0 Å². The van der Waals surface area contributed by atoms with Crippen molar-refractivity contribution in [3.8, 4) is 0 Å². The summed E-state index contributed by atoms with van der Waals surface area (Å²) in [7, 11) is -3.13. The second kappa shape index (κ2) is 15.9. The minimum absolute atomic E-state index is 0. The molecule has 0 aromatic heterocycles. The molecule has 0 aliphatic rings. The molecule has 0 unspecified atom stereocenters. The fourth-order valence-corrected chi connectivity index (χ4v) is 0. The zero-order chi connectivity index (χ0) is 3.58. The van der Waals surface area contributed by atoms with Gasteiger partial charge in [-0.2, -0.15) is 0 Å². The molecule has 0 rings (SSSR count). The summed E-state index contributed by atoms with van der Waals surface area (Å²) in [6, 6.07) is 0. The van der Waals surface area contributed by atoms with E-state index in [1.807, 2.05) is 0 Å². The predicted octanol–water partition coefficient (Wildman–Crippen LogP) is -3.56. The average Bonchev–Trinajstić information content (AvgIpc) is 0.811. The van der Waals surface area contributed by atoms with Crippen LogP contribution in [0.15, 0.2) is 0 Å². The van der Waals surface area contributed by atoms with E-state index in [1.54, 1.807) is 0 Å². The van der Waals surface area contributed by atoms with Crippen molar-refractivity contribution in [2.24, 2.45) is 0 Å². The molecule has 0 aliphatic carbocycles. The van der Waals surface area contributed by atoms with E-state index in [2.05, 4.69) is 0 Å². The van der Waals surface area contributed by atoms with Crippen LogP contribution in [-0.2, 0) is 4.46 Å². The summed E-state index contributed by atoms with van der Waals surface area (Å²) < 4.78 is 8.74. The zero-order valence-corrected chi connectivity index (χ0v) is 2.80. The maximum atomic E-state index is 8.74. The van der Waals surface area contributed by atoms with Gasteiger partial charge in [0.15, 0.2) is 0 Å². The van der Waals surface area contributed by atoms with Crippen molar-refractivity contribution in [3.63, 3.8) is 0 Å². The molecule has 0 spiro atoms. The van der Waals surface area contributed by atoms with E-state index in [1.165, 1.54) is 0 Å². The summed E-state index contributed by atoms with van der Waals surface area (Å²) >= 11 is 0. The number of hydrogen-bond donors (Lipinski definition) is 2. The first kappa shape index (κ1) is 22.5. The van der Waals surface area contributed by atoms with Crippen molar-refractivity contribution < 1.29 is 14.1 Å². The Morgan fingerprint density at radius 1 is 1.29 bits per heavy atom. The SMILES string of the molecule is O=[Si](O)O.[KH].[LiH].[NaH]. The van der Waals surface area contributed by atoms with Crippen LogP contribution in [0.3, 0.4) is 0 Å². The molecule has 0 aromatic carbocycles. The van der Waals surface area contributed by atoms with E-state index in [-0.39, 0.29) is 99.8 Å². The van der Waals surface area contributed by atoms with Gasteiger partial charge in [-0.1, -0.05) is 0 Å². The first-order chi connectivity index (χ1) is 1.73. The van der Waals surface area contributed by atoms with Crippen LogP contribution in [0, 0.1) is 0 Å². The molecule has 0 aliphatic heterocycles. The third-order valence-electron chi connectivity index (χ3n) is 0. The summed E-state index contributed by atoms with van der Waals surface area (Å²) in [6.07, 6.45) is 0. The molecule has 0 fully saturated rings. The molecular formula is H5KLiNaO3Si. The normalized spacial score (nSPS) is 3.43.